The molecule has 104 valence electrons. The second-order valence-corrected chi connectivity index (χ2v) is 5.36. The Morgan fingerprint density at radius 3 is 2.65 bits per heavy atom. The van der Waals surface area contributed by atoms with Crippen molar-refractivity contribution in [3.8, 4) is 0 Å². The number of para-hydroxylation sites is 1. The Morgan fingerprint density at radius 1 is 1.15 bits per heavy atom. The highest BCUT2D eigenvalue weighted by atomic mass is 35.5. The van der Waals surface area contributed by atoms with Gasteiger partial charge in [-0.05, 0) is 31.9 Å². The van der Waals surface area contributed by atoms with E-state index in [4.69, 9.17) is 11.6 Å². The number of rotatable bonds is 3. The molecule has 20 heavy (non-hydrogen) atoms. The quantitative estimate of drug-likeness (QED) is 0.933. The molecule has 0 spiro atoms. The first kappa shape index (κ1) is 13.2. The van der Waals surface area contributed by atoms with Crippen molar-refractivity contribution in [2.75, 3.05) is 23.3 Å². The number of hydrogen-bond acceptors (Lipinski definition) is 4. The van der Waals surface area contributed by atoms with Gasteiger partial charge in [0.2, 0.25) is 0 Å². The van der Waals surface area contributed by atoms with Crippen molar-refractivity contribution >= 4 is 28.9 Å². The molecule has 1 saturated heterocycles. The zero-order valence-electron chi connectivity index (χ0n) is 11.4. The lowest BCUT2D eigenvalue weighted by Crippen LogP contribution is -2.19. The minimum absolute atomic E-state index is 0.687. The normalized spacial score (nSPS) is 14.6. The van der Waals surface area contributed by atoms with Gasteiger partial charge in [0, 0.05) is 19.2 Å². The largest absolute Gasteiger partial charge is 0.356 e. The Labute approximate surface area is 123 Å². The van der Waals surface area contributed by atoms with E-state index < -0.39 is 0 Å². The van der Waals surface area contributed by atoms with Crippen LogP contribution in [0.25, 0.3) is 0 Å². The Bertz CT molecular complexity index is 609. The molecule has 1 aliphatic heterocycles. The van der Waals surface area contributed by atoms with Crippen LogP contribution in [-0.4, -0.2) is 23.1 Å². The van der Waals surface area contributed by atoms with Gasteiger partial charge in [0.1, 0.15) is 17.5 Å². The molecule has 1 N–H and O–H groups in total. The Hall–Kier alpha value is -1.81. The minimum atomic E-state index is 0.687. The third-order valence-corrected chi connectivity index (χ3v) is 3.72. The average Bonchev–Trinajstić information content (AvgIpc) is 2.95. The maximum atomic E-state index is 6.16. The minimum Gasteiger partial charge on any atom is -0.356 e. The van der Waals surface area contributed by atoms with Crippen LogP contribution < -0.4 is 10.2 Å². The Morgan fingerprint density at radius 2 is 1.90 bits per heavy atom. The molecule has 3 rings (SSSR count). The average molecular weight is 289 g/mol. The van der Waals surface area contributed by atoms with Crippen molar-refractivity contribution in [3.63, 3.8) is 0 Å². The van der Waals surface area contributed by atoms with Crippen molar-refractivity contribution in [3.05, 3.63) is 41.2 Å². The van der Waals surface area contributed by atoms with Crippen LogP contribution in [0.3, 0.4) is 0 Å². The number of halogens is 1. The Kier molecular flexibility index (Phi) is 3.74. The SMILES string of the molecule is Cc1nc(Nc2ccccc2Cl)cc(N2CCCC2)n1. The highest BCUT2D eigenvalue weighted by molar-refractivity contribution is 6.33. The molecule has 1 aromatic carbocycles. The van der Waals surface area contributed by atoms with Crippen LogP contribution in [0.2, 0.25) is 5.02 Å². The number of anilines is 3. The lowest BCUT2D eigenvalue weighted by molar-refractivity contribution is 0.912. The van der Waals surface area contributed by atoms with E-state index >= 15 is 0 Å². The lowest BCUT2D eigenvalue weighted by Gasteiger charge is -2.18. The molecule has 0 bridgehead atoms. The van der Waals surface area contributed by atoms with Crippen LogP contribution >= 0.6 is 11.6 Å². The first-order valence-corrected chi connectivity index (χ1v) is 7.22. The van der Waals surface area contributed by atoms with Crippen molar-refractivity contribution in [2.24, 2.45) is 0 Å². The van der Waals surface area contributed by atoms with Gasteiger partial charge in [-0.3, -0.25) is 0 Å². The summed E-state index contributed by atoms with van der Waals surface area (Å²) >= 11 is 6.16. The van der Waals surface area contributed by atoms with Crippen molar-refractivity contribution in [1.29, 1.82) is 0 Å². The van der Waals surface area contributed by atoms with Crippen LogP contribution in [-0.2, 0) is 0 Å². The summed E-state index contributed by atoms with van der Waals surface area (Å²) in [4.78, 5) is 11.3. The van der Waals surface area contributed by atoms with Crippen LogP contribution in [0.1, 0.15) is 18.7 Å². The van der Waals surface area contributed by atoms with E-state index in [1.165, 1.54) is 12.8 Å². The molecule has 2 heterocycles. The van der Waals surface area contributed by atoms with Gasteiger partial charge in [0.15, 0.2) is 0 Å². The summed E-state index contributed by atoms with van der Waals surface area (Å²) in [5.41, 5.74) is 0.861. The second kappa shape index (κ2) is 5.67. The fourth-order valence-corrected chi connectivity index (χ4v) is 2.61. The van der Waals surface area contributed by atoms with Gasteiger partial charge < -0.3 is 10.2 Å². The molecule has 0 saturated carbocycles. The fourth-order valence-electron chi connectivity index (χ4n) is 2.42. The maximum absolute atomic E-state index is 6.16. The number of benzene rings is 1. The van der Waals surface area contributed by atoms with Gasteiger partial charge in [0.05, 0.1) is 10.7 Å². The van der Waals surface area contributed by atoms with Gasteiger partial charge in [-0.1, -0.05) is 23.7 Å². The van der Waals surface area contributed by atoms with Crippen LogP contribution in [0.4, 0.5) is 17.3 Å². The van der Waals surface area contributed by atoms with Gasteiger partial charge in [0.25, 0.3) is 0 Å². The highest BCUT2D eigenvalue weighted by Gasteiger charge is 2.15. The number of aryl methyl sites for hydroxylation is 1. The standard InChI is InChI=1S/C15H17ClN4/c1-11-17-14(19-13-7-3-2-6-12(13)16)10-15(18-11)20-8-4-5-9-20/h2-3,6-7,10H,4-5,8-9H2,1H3,(H,17,18,19). The molecule has 0 atom stereocenters. The van der Waals surface area contributed by atoms with Crippen molar-refractivity contribution < 1.29 is 0 Å². The van der Waals surface area contributed by atoms with Gasteiger partial charge >= 0.3 is 0 Å². The van der Waals surface area contributed by atoms with Crippen LogP contribution in [0, 0.1) is 6.92 Å². The van der Waals surface area contributed by atoms with E-state index in [0.717, 1.165) is 36.2 Å². The first-order valence-electron chi connectivity index (χ1n) is 6.84. The molecular weight excluding hydrogens is 272 g/mol. The molecule has 5 heteroatoms. The van der Waals surface area contributed by atoms with Crippen molar-refractivity contribution in [2.45, 2.75) is 19.8 Å². The van der Waals surface area contributed by atoms with E-state index in [2.05, 4.69) is 20.2 Å². The molecular formula is C15H17ClN4. The summed E-state index contributed by atoms with van der Waals surface area (Å²) in [7, 11) is 0. The third-order valence-electron chi connectivity index (χ3n) is 3.39. The fraction of sp³-hybridized carbons (Fsp3) is 0.333. The predicted molar refractivity (Wildman–Crippen MR) is 83.0 cm³/mol. The van der Waals surface area contributed by atoms with E-state index in [0.29, 0.717) is 5.02 Å². The molecule has 0 amide bonds. The summed E-state index contributed by atoms with van der Waals surface area (Å²) in [6.07, 6.45) is 2.46. The maximum Gasteiger partial charge on any atom is 0.136 e. The van der Waals surface area contributed by atoms with Gasteiger partial charge in [-0.2, -0.15) is 0 Å². The predicted octanol–water partition coefficient (Wildman–Crippen LogP) is 3.78. The summed E-state index contributed by atoms with van der Waals surface area (Å²) in [6, 6.07) is 9.65. The smallest absolute Gasteiger partial charge is 0.136 e. The van der Waals surface area contributed by atoms with Crippen LogP contribution in [0.15, 0.2) is 30.3 Å². The summed E-state index contributed by atoms with van der Waals surface area (Å²) in [5, 5.41) is 3.95. The van der Waals surface area contributed by atoms with E-state index in [-0.39, 0.29) is 0 Å². The molecule has 1 aliphatic rings. The number of aromatic nitrogens is 2. The van der Waals surface area contributed by atoms with E-state index in [9.17, 15) is 0 Å². The molecule has 1 fully saturated rings. The zero-order valence-corrected chi connectivity index (χ0v) is 12.2. The highest BCUT2D eigenvalue weighted by Crippen LogP contribution is 2.26. The monoisotopic (exact) mass is 288 g/mol. The topological polar surface area (TPSA) is 41.1 Å². The lowest BCUT2D eigenvalue weighted by atomic mass is 10.3. The molecule has 0 radical (unpaired) electrons. The molecule has 1 aromatic heterocycles. The van der Waals surface area contributed by atoms with E-state index in [1.54, 1.807) is 0 Å². The second-order valence-electron chi connectivity index (χ2n) is 4.96. The van der Waals surface area contributed by atoms with Gasteiger partial charge in [-0.25, -0.2) is 9.97 Å². The summed E-state index contributed by atoms with van der Waals surface area (Å²) in [6.45, 7) is 4.06. The number of nitrogens with one attached hydrogen (secondary N) is 1. The van der Waals surface area contributed by atoms with E-state index in [1.807, 2.05) is 37.3 Å². The summed E-state index contributed by atoms with van der Waals surface area (Å²) in [5.74, 6) is 2.54. The molecule has 0 unspecified atom stereocenters. The molecule has 4 nitrogen and oxygen atoms in total. The zero-order chi connectivity index (χ0) is 13.9. The molecule has 0 aliphatic carbocycles. The third kappa shape index (κ3) is 2.85. The molecule has 2 aromatic rings. The van der Waals surface area contributed by atoms with Crippen molar-refractivity contribution in [1.82, 2.24) is 9.97 Å². The number of hydrogen-bond donors (Lipinski definition) is 1. The van der Waals surface area contributed by atoms with Gasteiger partial charge in [-0.15, -0.1) is 0 Å². The Balaban J connectivity index is 1.88. The summed E-state index contributed by atoms with van der Waals surface area (Å²) < 4.78 is 0. The number of nitrogens with zero attached hydrogens (tertiary/aromatic N) is 3. The van der Waals surface area contributed by atoms with Crippen LogP contribution in [0.5, 0.6) is 0 Å². The first-order chi connectivity index (χ1) is 9.72.